The van der Waals surface area contributed by atoms with E-state index in [-0.39, 0.29) is 17.9 Å². The molecular formula is C16H20N4O2. The monoisotopic (exact) mass is 300 g/mol. The minimum absolute atomic E-state index is 0.0364. The molecule has 22 heavy (non-hydrogen) atoms. The van der Waals surface area contributed by atoms with Crippen LogP contribution in [0.15, 0.2) is 28.8 Å². The second-order valence-electron chi connectivity index (χ2n) is 5.93. The first-order valence-electron chi connectivity index (χ1n) is 7.56. The molecule has 0 bridgehead atoms. The van der Waals surface area contributed by atoms with Gasteiger partial charge in [-0.2, -0.15) is 4.98 Å². The molecule has 1 fully saturated rings. The molecule has 1 unspecified atom stereocenters. The maximum Gasteiger partial charge on any atom is 0.254 e. The summed E-state index contributed by atoms with van der Waals surface area (Å²) in [6.07, 6.45) is 1.79. The van der Waals surface area contributed by atoms with Crippen LogP contribution in [0.25, 0.3) is 0 Å². The molecule has 6 heteroatoms. The van der Waals surface area contributed by atoms with E-state index in [0.29, 0.717) is 29.5 Å². The summed E-state index contributed by atoms with van der Waals surface area (Å²) in [6.45, 7) is 4.70. The van der Waals surface area contributed by atoms with Gasteiger partial charge in [-0.3, -0.25) is 4.79 Å². The summed E-state index contributed by atoms with van der Waals surface area (Å²) in [5.74, 6) is 1.35. The van der Waals surface area contributed by atoms with Crippen molar-refractivity contribution in [3.63, 3.8) is 0 Å². The summed E-state index contributed by atoms with van der Waals surface area (Å²) in [4.78, 5) is 19.0. The Kier molecular flexibility index (Phi) is 3.83. The third-order valence-corrected chi connectivity index (χ3v) is 3.90. The number of amides is 1. The lowest BCUT2D eigenvalue weighted by atomic mass is 10.1. The van der Waals surface area contributed by atoms with Gasteiger partial charge in [-0.25, -0.2) is 0 Å². The van der Waals surface area contributed by atoms with Crippen LogP contribution in [0.5, 0.6) is 0 Å². The van der Waals surface area contributed by atoms with Gasteiger partial charge in [0.25, 0.3) is 5.91 Å². The van der Waals surface area contributed by atoms with Crippen molar-refractivity contribution in [2.24, 2.45) is 0 Å². The summed E-state index contributed by atoms with van der Waals surface area (Å²) in [5, 5.41) is 4.06. The summed E-state index contributed by atoms with van der Waals surface area (Å²) < 4.78 is 5.27. The lowest BCUT2D eigenvalue weighted by molar-refractivity contribution is 0.0728. The van der Waals surface area contributed by atoms with Crippen molar-refractivity contribution < 1.29 is 9.32 Å². The number of anilines is 1. The van der Waals surface area contributed by atoms with Crippen molar-refractivity contribution in [2.45, 2.75) is 38.6 Å². The number of rotatable bonds is 3. The molecule has 1 aromatic carbocycles. The molecule has 1 aliphatic heterocycles. The van der Waals surface area contributed by atoms with Crippen LogP contribution in [0, 0.1) is 0 Å². The molecule has 1 aliphatic rings. The van der Waals surface area contributed by atoms with Gasteiger partial charge in [0.15, 0.2) is 5.82 Å². The molecule has 116 valence electrons. The Morgan fingerprint density at radius 2 is 2.27 bits per heavy atom. The fraction of sp³-hybridized carbons (Fsp3) is 0.438. The van der Waals surface area contributed by atoms with Gasteiger partial charge >= 0.3 is 0 Å². The number of benzene rings is 1. The van der Waals surface area contributed by atoms with Crippen LogP contribution in [0.3, 0.4) is 0 Å². The highest BCUT2D eigenvalue weighted by Crippen LogP contribution is 2.32. The van der Waals surface area contributed by atoms with Crippen molar-refractivity contribution in [1.82, 2.24) is 15.0 Å². The molecule has 0 aliphatic carbocycles. The minimum atomic E-state index is -0.120. The van der Waals surface area contributed by atoms with Crippen molar-refractivity contribution in [3.05, 3.63) is 41.5 Å². The highest BCUT2D eigenvalue weighted by molar-refractivity contribution is 5.95. The number of likely N-dealkylation sites (tertiary alicyclic amines) is 1. The first-order valence-corrected chi connectivity index (χ1v) is 7.56. The molecule has 1 saturated heterocycles. The number of carbonyl (C=O) groups excluding carboxylic acids is 1. The minimum Gasteiger partial charge on any atom is -0.399 e. The number of aromatic nitrogens is 2. The predicted octanol–water partition coefficient (Wildman–Crippen LogP) is 2.75. The quantitative estimate of drug-likeness (QED) is 0.881. The van der Waals surface area contributed by atoms with E-state index in [1.165, 1.54) is 0 Å². The summed E-state index contributed by atoms with van der Waals surface area (Å²) in [6, 6.07) is 6.92. The third kappa shape index (κ3) is 2.68. The average molecular weight is 300 g/mol. The maximum atomic E-state index is 12.7. The topological polar surface area (TPSA) is 85.2 Å². The first kappa shape index (κ1) is 14.6. The molecule has 2 aromatic rings. The Bertz CT molecular complexity index is 680. The number of nitrogens with two attached hydrogens (primary N) is 1. The first-order chi connectivity index (χ1) is 10.6. The molecule has 3 rings (SSSR count). The predicted molar refractivity (Wildman–Crippen MR) is 82.3 cm³/mol. The maximum absolute atomic E-state index is 12.7. The Labute approximate surface area is 129 Å². The lowest BCUT2D eigenvalue weighted by Gasteiger charge is -2.22. The van der Waals surface area contributed by atoms with Gasteiger partial charge in [-0.05, 0) is 31.0 Å². The Morgan fingerprint density at radius 1 is 1.45 bits per heavy atom. The second kappa shape index (κ2) is 5.79. The van der Waals surface area contributed by atoms with Gasteiger partial charge in [-0.1, -0.05) is 25.1 Å². The average Bonchev–Trinajstić information content (AvgIpc) is 3.15. The van der Waals surface area contributed by atoms with E-state index in [4.69, 9.17) is 10.3 Å². The van der Waals surface area contributed by atoms with E-state index in [9.17, 15) is 4.79 Å². The Balaban J connectivity index is 1.84. The second-order valence-corrected chi connectivity index (χ2v) is 5.93. The third-order valence-electron chi connectivity index (χ3n) is 3.90. The highest BCUT2D eigenvalue weighted by atomic mass is 16.5. The van der Waals surface area contributed by atoms with Gasteiger partial charge in [0.1, 0.15) is 0 Å². The fourth-order valence-electron chi connectivity index (χ4n) is 2.73. The lowest BCUT2D eigenvalue weighted by Crippen LogP contribution is -2.31. The van der Waals surface area contributed by atoms with Crippen LogP contribution in [0.1, 0.15) is 60.7 Å². The summed E-state index contributed by atoms with van der Waals surface area (Å²) in [7, 11) is 0. The fourth-order valence-corrected chi connectivity index (χ4v) is 2.73. The van der Waals surface area contributed by atoms with E-state index in [1.54, 1.807) is 24.3 Å². The smallest absolute Gasteiger partial charge is 0.254 e. The van der Waals surface area contributed by atoms with E-state index in [0.717, 1.165) is 12.8 Å². The van der Waals surface area contributed by atoms with Crippen LogP contribution in [0.2, 0.25) is 0 Å². The number of hydrogen-bond donors (Lipinski definition) is 1. The summed E-state index contributed by atoms with van der Waals surface area (Å²) in [5.41, 5.74) is 6.95. The number of nitrogen functional groups attached to an aromatic ring is 1. The molecule has 2 heterocycles. The van der Waals surface area contributed by atoms with Gasteiger partial charge in [-0.15, -0.1) is 0 Å². The number of hydrogen-bond acceptors (Lipinski definition) is 5. The van der Waals surface area contributed by atoms with Gasteiger partial charge in [0, 0.05) is 23.7 Å². The molecule has 0 radical (unpaired) electrons. The zero-order valence-electron chi connectivity index (χ0n) is 12.8. The van der Waals surface area contributed by atoms with Crippen LogP contribution in [0.4, 0.5) is 5.69 Å². The van der Waals surface area contributed by atoms with Gasteiger partial charge in [0.2, 0.25) is 5.89 Å². The molecule has 2 N–H and O–H groups in total. The number of nitrogens with zero attached hydrogens (tertiary/aromatic N) is 3. The zero-order chi connectivity index (χ0) is 15.7. The van der Waals surface area contributed by atoms with E-state index < -0.39 is 0 Å². The van der Waals surface area contributed by atoms with E-state index >= 15 is 0 Å². The molecule has 1 atom stereocenters. The van der Waals surface area contributed by atoms with Gasteiger partial charge < -0.3 is 15.2 Å². The molecular weight excluding hydrogens is 280 g/mol. The molecule has 6 nitrogen and oxygen atoms in total. The van der Waals surface area contributed by atoms with Crippen molar-refractivity contribution >= 4 is 11.6 Å². The Hall–Kier alpha value is -2.37. The molecule has 1 aromatic heterocycles. The van der Waals surface area contributed by atoms with Crippen molar-refractivity contribution in [1.29, 1.82) is 0 Å². The normalized spacial score (nSPS) is 18.1. The largest absolute Gasteiger partial charge is 0.399 e. The number of carbonyl (C=O) groups is 1. The highest BCUT2D eigenvalue weighted by Gasteiger charge is 2.34. The van der Waals surface area contributed by atoms with Crippen LogP contribution < -0.4 is 5.73 Å². The van der Waals surface area contributed by atoms with Crippen molar-refractivity contribution in [3.8, 4) is 0 Å². The van der Waals surface area contributed by atoms with Crippen molar-refractivity contribution in [2.75, 3.05) is 12.3 Å². The van der Waals surface area contributed by atoms with Crippen LogP contribution >= 0.6 is 0 Å². The Morgan fingerprint density at radius 3 is 2.95 bits per heavy atom. The van der Waals surface area contributed by atoms with Gasteiger partial charge in [0.05, 0.1) is 6.04 Å². The molecule has 0 saturated carbocycles. The molecule has 1 amide bonds. The molecule has 0 spiro atoms. The van der Waals surface area contributed by atoms with Crippen LogP contribution in [-0.2, 0) is 0 Å². The zero-order valence-corrected chi connectivity index (χ0v) is 12.8. The standard InChI is InChI=1S/C16H20N4O2/c1-10(2)15-18-14(19-22-15)13-7-4-8-20(13)16(21)11-5-3-6-12(17)9-11/h3,5-6,9-10,13H,4,7-8,17H2,1-2H3. The van der Waals surface area contributed by atoms with Crippen LogP contribution in [-0.4, -0.2) is 27.5 Å². The SMILES string of the molecule is CC(C)c1nc(C2CCCN2C(=O)c2cccc(N)c2)no1. The summed E-state index contributed by atoms with van der Waals surface area (Å²) >= 11 is 0. The van der Waals surface area contributed by atoms with E-state index in [2.05, 4.69) is 10.1 Å². The van der Waals surface area contributed by atoms with E-state index in [1.807, 2.05) is 18.7 Å².